The average Bonchev–Trinajstić information content (AvgIpc) is 2.83. The van der Waals surface area contributed by atoms with Gasteiger partial charge in [0.25, 0.3) is 0 Å². The monoisotopic (exact) mass is 231 g/mol. The van der Waals surface area contributed by atoms with E-state index in [1.54, 1.807) is 19.1 Å². The van der Waals surface area contributed by atoms with Crippen molar-refractivity contribution >= 4 is 27.8 Å². The molecule has 0 aliphatic carbocycles. The predicted octanol–water partition coefficient (Wildman–Crippen LogP) is 1.85. The molecule has 3 aromatic rings. The lowest BCUT2D eigenvalue weighted by molar-refractivity contribution is 0.0939. The maximum atomic E-state index is 11.6. The number of aromatic hydroxyl groups is 1. The van der Waals surface area contributed by atoms with Gasteiger partial charge in [-0.1, -0.05) is 0 Å². The van der Waals surface area contributed by atoms with Gasteiger partial charge in [-0.25, -0.2) is 4.63 Å². The fourth-order valence-corrected chi connectivity index (χ4v) is 2.12. The zero-order valence-electron chi connectivity index (χ0n) is 9.26. The lowest BCUT2D eigenvalue weighted by Crippen LogP contribution is -2.07. The molecule has 17 heavy (non-hydrogen) atoms. The van der Waals surface area contributed by atoms with Crippen LogP contribution in [0.1, 0.15) is 17.4 Å². The van der Waals surface area contributed by atoms with Crippen molar-refractivity contribution < 1.29 is 14.5 Å². The Labute approximate surface area is 95.4 Å². The fourth-order valence-electron chi connectivity index (χ4n) is 2.12. The van der Waals surface area contributed by atoms with Gasteiger partial charge >= 0.3 is 0 Å². The number of benzene rings is 1. The number of carbonyl (C=O) groups is 1. The van der Waals surface area contributed by atoms with E-state index in [4.69, 9.17) is 0 Å². The van der Waals surface area contributed by atoms with E-state index in [0.717, 1.165) is 0 Å². The van der Waals surface area contributed by atoms with Gasteiger partial charge in [-0.15, -0.1) is 0 Å². The van der Waals surface area contributed by atoms with Crippen LogP contribution in [0.3, 0.4) is 0 Å². The minimum Gasteiger partial charge on any atom is -0.505 e. The van der Waals surface area contributed by atoms with E-state index in [1.165, 1.54) is 11.5 Å². The number of fused-ring (bicyclic) bond motifs is 3. The van der Waals surface area contributed by atoms with Crippen LogP contribution in [-0.2, 0) is 0 Å². The van der Waals surface area contributed by atoms with Crippen molar-refractivity contribution in [2.24, 2.45) is 0 Å². The quantitative estimate of drug-likeness (QED) is 0.638. The van der Waals surface area contributed by atoms with Gasteiger partial charge in [0.05, 0.1) is 11.2 Å². The highest BCUT2D eigenvalue weighted by molar-refractivity contribution is 6.09. The molecule has 6 nitrogen and oxygen atoms in total. The van der Waals surface area contributed by atoms with Gasteiger partial charge in [0.1, 0.15) is 11.3 Å². The largest absolute Gasteiger partial charge is 0.505 e. The summed E-state index contributed by atoms with van der Waals surface area (Å²) in [6.07, 6.45) is 0. The predicted molar refractivity (Wildman–Crippen MR) is 60.0 cm³/mol. The first-order valence-corrected chi connectivity index (χ1v) is 5.07. The zero-order chi connectivity index (χ0) is 12.2. The van der Waals surface area contributed by atoms with E-state index >= 15 is 0 Å². The van der Waals surface area contributed by atoms with Crippen LogP contribution in [0.2, 0.25) is 0 Å². The molecule has 0 bridgehead atoms. The van der Waals surface area contributed by atoms with Crippen molar-refractivity contribution in [3.05, 3.63) is 17.8 Å². The maximum absolute atomic E-state index is 11.6. The highest BCUT2D eigenvalue weighted by Crippen LogP contribution is 2.34. The van der Waals surface area contributed by atoms with Crippen molar-refractivity contribution in [1.82, 2.24) is 14.9 Å². The van der Waals surface area contributed by atoms with Crippen LogP contribution in [0, 0.1) is 6.92 Å². The van der Waals surface area contributed by atoms with Crippen molar-refractivity contribution in [3.63, 3.8) is 0 Å². The van der Waals surface area contributed by atoms with Crippen molar-refractivity contribution in [3.8, 4) is 5.75 Å². The average molecular weight is 231 g/mol. The van der Waals surface area contributed by atoms with E-state index in [-0.39, 0.29) is 11.7 Å². The molecule has 6 heteroatoms. The lowest BCUT2D eigenvalue weighted by Gasteiger charge is -2.01. The van der Waals surface area contributed by atoms with E-state index in [1.807, 2.05) is 0 Å². The zero-order valence-corrected chi connectivity index (χ0v) is 9.26. The minimum absolute atomic E-state index is 0.0834. The minimum atomic E-state index is -0.191. The maximum Gasteiger partial charge on any atom is 0.228 e. The summed E-state index contributed by atoms with van der Waals surface area (Å²) in [6.45, 7) is 3.11. The molecular weight excluding hydrogens is 222 g/mol. The number of rotatable bonds is 0. The summed E-state index contributed by atoms with van der Waals surface area (Å²) < 4.78 is 6.06. The van der Waals surface area contributed by atoms with Gasteiger partial charge in [-0.2, -0.15) is 0 Å². The molecule has 2 heterocycles. The van der Waals surface area contributed by atoms with Crippen LogP contribution in [0.15, 0.2) is 16.8 Å². The molecule has 0 amide bonds. The third kappa shape index (κ3) is 1.12. The normalized spacial score (nSPS) is 11.4. The van der Waals surface area contributed by atoms with Gasteiger partial charge in [-0.05, 0) is 29.4 Å². The smallest absolute Gasteiger partial charge is 0.228 e. The molecule has 0 atom stereocenters. The van der Waals surface area contributed by atoms with E-state index in [0.29, 0.717) is 27.6 Å². The number of nitrogens with zero attached hydrogens (tertiary/aromatic N) is 3. The van der Waals surface area contributed by atoms with Crippen molar-refractivity contribution in [2.75, 3.05) is 0 Å². The molecule has 1 N–H and O–H groups in total. The first-order valence-electron chi connectivity index (χ1n) is 5.07. The Hall–Kier alpha value is -2.37. The van der Waals surface area contributed by atoms with Gasteiger partial charge < -0.3 is 5.11 Å². The third-order valence-corrected chi connectivity index (χ3v) is 2.87. The number of hydrogen-bond acceptors (Lipinski definition) is 5. The van der Waals surface area contributed by atoms with Crippen molar-refractivity contribution in [1.29, 1.82) is 0 Å². The van der Waals surface area contributed by atoms with E-state index < -0.39 is 0 Å². The Morgan fingerprint density at radius 3 is 2.88 bits per heavy atom. The van der Waals surface area contributed by atoms with Crippen LogP contribution in [0.4, 0.5) is 0 Å². The first kappa shape index (κ1) is 9.83. The van der Waals surface area contributed by atoms with E-state index in [2.05, 4.69) is 14.9 Å². The standard InChI is InChI=1S/C11H9N3O3/c1-5-11(16)7-3-4-8-9(13-17-12-8)10(7)14(5)6(2)15/h3-4,16H,1-2H3. The first-order chi connectivity index (χ1) is 8.11. The fraction of sp³-hybridized carbons (Fsp3) is 0.182. The summed E-state index contributed by atoms with van der Waals surface area (Å²) in [5.41, 5.74) is 2.05. The van der Waals surface area contributed by atoms with Crippen LogP contribution in [0.25, 0.3) is 21.9 Å². The van der Waals surface area contributed by atoms with Gasteiger partial charge in [-0.3, -0.25) is 9.36 Å². The molecule has 0 unspecified atom stereocenters. The van der Waals surface area contributed by atoms with Crippen LogP contribution in [0.5, 0.6) is 5.75 Å². The highest BCUT2D eigenvalue weighted by atomic mass is 16.6. The molecule has 86 valence electrons. The number of carbonyl (C=O) groups excluding carboxylic acids is 1. The molecule has 2 aromatic heterocycles. The summed E-state index contributed by atoms with van der Waals surface area (Å²) in [5, 5.41) is 18.0. The van der Waals surface area contributed by atoms with Crippen molar-refractivity contribution in [2.45, 2.75) is 13.8 Å². The molecule has 1 aromatic carbocycles. The molecule has 0 aliphatic heterocycles. The number of aromatic nitrogens is 3. The SMILES string of the molecule is CC(=O)n1c(C)c(O)c2ccc3nonc3c21. The van der Waals surface area contributed by atoms with Gasteiger partial charge in [0.15, 0.2) is 5.52 Å². The molecule has 0 radical (unpaired) electrons. The second-order valence-corrected chi connectivity index (χ2v) is 3.88. The molecule has 3 rings (SSSR count). The number of hydrogen-bond donors (Lipinski definition) is 1. The summed E-state index contributed by atoms with van der Waals surface area (Å²) >= 11 is 0. The summed E-state index contributed by atoms with van der Waals surface area (Å²) in [4.78, 5) is 11.6. The van der Waals surface area contributed by atoms with Gasteiger partial charge in [0.2, 0.25) is 5.91 Å². The Morgan fingerprint density at radius 1 is 1.41 bits per heavy atom. The molecule has 0 saturated carbocycles. The van der Waals surface area contributed by atoms with Crippen LogP contribution < -0.4 is 0 Å². The summed E-state index contributed by atoms with van der Waals surface area (Å²) in [7, 11) is 0. The second-order valence-electron chi connectivity index (χ2n) is 3.88. The van der Waals surface area contributed by atoms with E-state index in [9.17, 15) is 9.90 Å². The summed E-state index contributed by atoms with van der Waals surface area (Å²) in [6, 6.07) is 3.39. The molecule has 0 fully saturated rings. The Kier molecular flexibility index (Phi) is 1.77. The topological polar surface area (TPSA) is 81.2 Å². The third-order valence-electron chi connectivity index (χ3n) is 2.87. The van der Waals surface area contributed by atoms with Crippen LogP contribution in [-0.4, -0.2) is 25.9 Å². The Bertz CT molecular complexity index is 754. The summed E-state index contributed by atoms with van der Waals surface area (Å²) in [5.74, 6) is -0.108. The molecule has 0 aliphatic rings. The van der Waals surface area contributed by atoms with Gasteiger partial charge in [0, 0.05) is 12.3 Å². The lowest BCUT2D eigenvalue weighted by atomic mass is 10.2. The molecule has 0 saturated heterocycles. The molecular formula is C11H9N3O3. The molecule has 0 spiro atoms. The van der Waals surface area contributed by atoms with Crippen LogP contribution >= 0.6 is 0 Å². The highest BCUT2D eigenvalue weighted by Gasteiger charge is 2.20. The Morgan fingerprint density at radius 2 is 2.18 bits per heavy atom. The second kappa shape index (κ2) is 3.07. The Balaban J connectivity index is 2.65.